The van der Waals surface area contributed by atoms with Crippen LogP contribution in [-0.2, 0) is 0 Å². The molecule has 5 aromatic rings. The first-order valence-corrected chi connectivity index (χ1v) is 9.88. The maximum atomic E-state index is 12.9. The second-order valence-electron chi connectivity index (χ2n) is 6.37. The molecular weight excluding hydrogens is 382 g/mol. The number of carbonyl (C=O) groups excluding carboxylic acids is 1. The van der Waals surface area contributed by atoms with Crippen LogP contribution in [0.1, 0.15) is 9.80 Å². The molecule has 5 rings (SSSR count). The summed E-state index contributed by atoms with van der Waals surface area (Å²) in [6.45, 7) is 0. The molecule has 0 aliphatic heterocycles. The van der Waals surface area contributed by atoms with Crippen molar-refractivity contribution in [3.63, 3.8) is 0 Å². The monoisotopic (exact) mass is 397 g/mol. The van der Waals surface area contributed by atoms with Crippen LogP contribution in [0.3, 0.4) is 0 Å². The first-order chi connectivity index (χ1) is 14.3. The number of anilines is 1. The highest BCUT2D eigenvalue weighted by molar-refractivity contribution is 7.20. The Morgan fingerprint density at radius 1 is 0.793 bits per heavy atom. The smallest absolute Gasteiger partial charge is 0.287 e. The highest BCUT2D eigenvalue weighted by Gasteiger charge is 2.20. The molecule has 2 heterocycles. The third-order valence-electron chi connectivity index (χ3n) is 4.41. The van der Waals surface area contributed by atoms with Crippen LogP contribution in [-0.4, -0.2) is 15.9 Å². The van der Waals surface area contributed by atoms with Gasteiger partial charge in [-0.25, -0.2) is 9.97 Å². The molecule has 0 saturated heterocycles. The molecule has 0 aliphatic rings. The van der Waals surface area contributed by atoms with Gasteiger partial charge in [-0.15, -0.1) is 11.3 Å². The number of nitrogens with one attached hydrogen (secondary N) is 1. The summed E-state index contributed by atoms with van der Waals surface area (Å²) in [5, 5.41) is 3.23. The molecule has 1 N–H and O–H groups in total. The van der Waals surface area contributed by atoms with Crippen molar-refractivity contribution in [2.24, 2.45) is 0 Å². The lowest BCUT2D eigenvalue weighted by Crippen LogP contribution is -2.11. The van der Waals surface area contributed by atoms with Crippen molar-refractivity contribution in [2.45, 2.75) is 0 Å². The van der Waals surface area contributed by atoms with Crippen molar-refractivity contribution in [3.8, 4) is 22.7 Å². The Morgan fingerprint density at radius 3 is 2.17 bits per heavy atom. The second-order valence-corrected chi connectivity index (χ2v) is 7.40. The number of hydrogen-bond donors (Lipinski definition) is 1. The van der Waals surface area contributed by atoms with Gasteiger partial charge in [0.2, 0.25) is 11.8 Å². The minimum absolute atomic E-state index is 0.305. The molecule has 29 heavy (non-hydrogen) atoms. The first-order valence-electron chi connectivity index (χ1n) is 9.06. The van der Waals surface area contributed by atoms with E-state index >= 15 is 0 Å². The van der Waals surface area contributed by atoms with Gasteiger partial charge in [0.15, 0.2) is 5.01 Å². The molecule has 5 nitrogen and oxygen atoms in total. The van der Waals surface area contributed by atoms with Gasteiger partial charge in [0.05, 0.1) is 10.2 Å². The van der Waals surface area contributed by atoms with Crippen molar-refractivity contribution in [1.82, 2.24) is 9.97 Å². The zero-order valence-corrected chi connectivity index (χ0v) is 16.0. The standard InChI is InChI=1S/C23H15N3O2S/c27-20(23-24-17-13-7-8-14-18(17)29-23)26-22-19(15-9-3-1-4-10-15)25-21(28-22)16-11-5-2-6-12-16/h1-14H,(H,26,27). The van der Waals surface area contributed by atoms with Crippen molar-refractivity contribution in [1.29, 1.82) is 0 Å². The molecule has 6 heteroatoms. The lowest BCUT2D eigenvalue weighted by atomic mass is 10.1. The quantitative estimate of drug-likeness (QED) is 0.412. The third-order valence-corrected chi connectivity index (χ3v) is 5.45. The molecule has 0 spiro atoms. The van der Waals surface area contributed by atoms with Gasteiger partial charge in [-0.1, -0.05) is 60.7 Å². The van der Waals surface area contributed by atoms with Crippen LogP contribution in [0.2, 0.25) is 0 Å². The van der Waals surface area contributed by atoms with Gasteiger partial charge in [0.25, 0.3) is 5.91 Å². The number of thiazole rings is 1. The minimum Gasteiger partial charge on any atom is -0.420 e. The van der Waals surface area contributed by atoms with Gasteiger partial charge in [-0.05, 0) is 24.3 Å². The summed E-state index contributed by atoms with van der Waals surface area (Å²) in [7, 11) is 0. The Hall–Kier alpha value is -3.77. The summed E-state index contributed by atoms with van der Waals surface area (Å²) in [6.07, 6.45) is 0. The number of amides is 1. The first kappa shape index (κ1) is 17.3. The van der Waals surface area contributed by atoms with Crippen LogP contribution in [0.25, 0.3) is 32.9 Å². The maximum Gasteiger partial charge on any atom is 0.287 e. The molecule has 3 aromatic carbocycles. The van der Waals surface area contributed by atoms with Gasteiger partial charge in [-0.3, -0.25) is 10.1 Å². The Kier molecular flexibility index (Phi) is 4.38. The number of nitrogens with zero attached hydrogens (tertiary/aromatic N) is 2. The Morgan fingerprint density at radius 2 is 1.45 bits per heavy atom. The summed E-state index contributed by atoms with van der Waals surface area (Å²) in [6, 6.07) is 26.9. The third kappa shape index (κ3) is 3.41. The number of para-hydroxylation sites is 1. The molecule has 140 valence electrons. The van der Waals surface area contributed by atoms with E-state index in [0.29, 0.717) is 22.5 Å². The van der Waals surface area contributed by atoms with E-state index in [-0.39, 0.29) is 5.91 Å². The van der Waals surface area contributed by atoms with Crippen LogP contribution in [0, 0.1) is 0 Å². The van der Waals surface area contributed by atoms with Gasteiger partial charge in [0, 0.05) is 11.1 Å². The molecule has 1 amide bonds. The number of carbonyl (C=O) groups is 1. The van der Waals surface area contributed by atoms with Crippen LogP contribution < -0.4 is 5.32 Å². The average molecular weight is 397 g/mol. The zero-order chi connectivity index (χ0) is 19.6. The zero-order valence-electron chi connectivity index (χ0n) is 15.2. The molecule has 0 radical (unpaired) electrons. The van der Waals surface area contributed by atoms with Gasteiger partial charge in [0.1, 0.15) is 5.69 Å². The van der Waals surface area contributed by atoms with E-state index in [4.69, 9.17) is 4.42 Å². The maximum absolute atomic E-state index is 12.9. The molecule has 0 atom stereocenters. The van der Waals surface area contributed by atoms with E-state index in [2.05, 4.69) is 15.3 Å². The molecule has 0 bridgehead atoms. The van der Waals surface area contributed by atoms with E-state index in [1.165, 1.54) is 11.3 Å². The normalized spacial score (nSPS) is 10.9. The van der Waals surface area contributed by atoms with Crippen LogP contribution in [0.15, 0.2) is 89.3 Å². The van der Waals surface area contributed by atoms with Crippen LogP contribution in [0.4, 0.5) is 5.88 Å². The van der Waals surface area contributed by atoms with E-state index in [1.54, 1.807) is 0 Å². The van der Waals surface area contributed by atoms with Crippen molar-refractivity contribution >= 4 is 33.3 Å². The number of rotatable bonds is 4. The topological polar surface area (TPSA) is 68.0 Å². The van der Waals surface area contributed by atoms with Gasteiger partial charge >= 0.3 is 0 Å². The fourth-order valence-electron chi connectivity index (χ4n) is 3.03. The summed E-state index contributed by atoms with van der Waals surface area (Å²) >= 11 is 1.34. The number of aromatic nitrogens is 2. The molecule has 0 fully saturated rings. The summed E-state index contributed by atoms with van der Waals surface area (Å²) in [5.74, 6) is 0.433. The summed E-state index contributed by atoms with van der Waals surface area (Å²) in [4.78, 5) is 21.9. The SMILES string of the molecule is O=C(Nc1oc(-c2ccccc2)nc1-c1ccccc1)c1nc2ccccc2s1. The lowest BCUT2D eigenvalue weighted by Gasteiger charge is -2.02. The molecule has 0 aliphatic carbocycles. The van der Waals surface area contributed by atoms with Crippen molar-refractivity contribution in [3.05, 3.63) is 89.9 Å². The second kappa shape index (κ2) is 7.33. The van der Waals surface area contributed by atoms with E-state index < -0.39 is 0 Å². The highest BCUT2D eigenvalue weighted by atomic mass is 32.1. The average Bonchev–Trinajstić information content (AvgIpc) is 3.39. The molecule has 0 unspecified atom stereocenters. The van der Waals surface area contributed by atoms with Crippen LogP contribution in [0.5, 0.6) is 0 Å². The van der Waals surface area contributed by atoms with Gasteiger partial charge in [-0.2, -0.15) is 0 Å². The fourth-order valence-corrected chi connectivity index (χ4v) is 3.89. The summed E-state index contributed by atoms with van der Waals surface area (Å²) < 4.78 is 6.92. The van der Waals surface area contributed by atoms with Crippen LogP contribution >= 0.6 is 11.3 Å². The van der Waals surface area contributed by atoms with Gasteiger partial charge < -0.3 is 4.42 Å². The largest absolute Gasteiger partial charge is 0.420 e. The highest BCUT2D eigenvalue weighted by Crippen LogP contribution is 2.33. The van der Waals surface area contributed by atoms with Crippen molar-refractivity contribution < 1.29 is 9.21 Å². The number of hydrogen-bond acceptors (Lipinski definition) is 5. The van der Waals surface area contributed by atoms with E-state index in [1.807, 2.05) is 84.9 Å². The van der Waals surface area contributed by atoms with Crippen molar-refractivity contribution in [2.75, 3.05) is 5.32 Å². The lowest BCUT2D eigenvalue weighted by molar-refractivity contribution is 0.102. The Balaban J connectivity index is 1.54. The van der Waals surface area contributed by atoms with E-state index in [0.717, 1.165) is 21.3 Å². The van der Waals surface area contributed by atoms with E-state index in [9.17, 15) is 4.79 Å². The number of fused-ring (bicyclic) bond motifs is 1. The molecule has 0 saturated carbocycles. The minimum atomic E-state index is -0.320. The predicted molar refractivity (Wildman–Crippen MR) is 115 cm³/mol. The predicted octanol–water partition coefficient (Wildman–Crippen LogP) is 5.87. The Bertz CT molecular complexity index is 1260. The fraction of sp³-hybridized carbons (Fsp3) is 0. The Labute approximate surface area is 170 Å². The number of benzene rings is 3. The molecular formula is C23H15N3O2S. The molecule has 2 aromatic heterocycles. The number of oxazole rings is 1. The summed E-state index contributed by atoms with van der Waals surface area (Å²) in [5.41, 5.74) is 3.08.